The molecule has 0 radical (unpaired) electrons. The van der Waals surface area contributed by atoms with E-state index in [1.54, 1.807) is 0 Å². The number of nitrogens with zero attached hydrogens (tertiary/aromatic N) is 3. The topological polar surface area (TPSA) is 59.8 Å². The molecule has 0 aliphatic carbocycles. The van der Waals surface area contributed by atoms with Gasteiger partial charge in [0.1, 0.15) is 5.82 Å². The number of halogens is 1. The normalized spacial score (nSPS) is 12.2. The second-order valence-corrected chi connectivity index (χ2v) is 6.82. The van der Waals surface area contributed by atoms with E-state index in [4.69, 9.17) is 0 Å². The zero-order valence-corrected chi connectivity index (χ0v) is 15.2. The highest BCUT2D eigenvalue weighted by Gasteiger charge is 2.14. The molecule has 0 unspecified atom stereocenters. The Kier molecular flexibility index (Phi) is 6.02. The zero-order valence-electron chi connectivity index (χ0n) is 12.8. The molecule has 0 bridgehead atoms. The molecule has 2 aromatic rings. The second-order valence-electron chi connectivity index (χ2n) is 4.96. The van der Waals surface area contributed by atoms with Crippen LogP contribution in [0.15, 0.2) is 33.9 Å². The molecule has 2 rings (SSSR count). The fourth-order valence-electron chi connectivity index (χ4n) is 2.00. The van der Waals surface area contributed by atoms with Crippen molar-refractivity contribution in [2.24, 2.45) is 7.05 Å². The summed E-state index contributed by atoms with van der Waals surface area (Å²) in [5.41, 5.74) is 1.11. The van der Waals surface area contributed by atoms with E-state index in [9.17, 15) is 4.79 Å². The van der Waals surface area contributed by atoms with Crippen molar-refractivity contribution in [2.75, 3.05) is 5.75 Å². The summed E-state index contributed by atoms with van der Waals surface area (Å²) in [6, 6.07) is 8.06. The molecule has 0 saturated carbocycles. The highest BCUT2D eigenvalue weighted by molar-refractivity contribution is 9.10. The van der Waals surface area contributed by atoms with E-state index in [0.29, 0.717) is 5.75 Å². The maximum absolute atomic E-state index is 12.1. The molecule has 1 aromatic carbocycles. The summed E-state index contributed by atoms with van der Waals surface area (Å²) in [6.45, 7) is 3.95. The largest absolute Gasteiger partial charge is 0.349 e. The van der Waals surface area contributed by atoms with Crippen LogP contribution in [0.2, 0.25) is 0 Å². The summed E-state index contributed by atoms with van der Waals surface area (Å²) in [5.74, 6) is 1.17. The number of aryl methyl sites for hydroxylation is 1. The lowest BCUT2D eigenvalue weighted by Gasteiger charge is -2.17. The first-order valence-corrected chi connectivity index (χ1v) is 8.82. The third-order valence-electron chi connectivity index (χ3n) is 3.40. The van der Waals surface area contributed by atoms with Crippen molar-refractivity contribution in [3.8, 4) is 0 Å². The van der Waals surface area contributed by atoms with E-state index in [-0.39, 0.29) is 11.9 Å². The summed E-state index contributed by atoms with van der Waals surface area (Å²) >= 11 is 4.82. The molecule has 1 amide bonds. The SMILES string of the molecule is CC[C@H](NC(=O)CSc1nnc(C)n1C)c1ccc(Br)cc1. The minimum atomic E-state index is 0.000391. The molecule has 0 aliphatic heterocycles. The highest BCUT2D eigenvalue weighted by Crippen LogP contribution is 2.20. The van der Waals surface area contributed by atoms with Crippen LogP contribution in [-0.2, 0) is 11.8 Å². The third kappa shape index (κ3) is 4.33. The Bertz CT molecular complexity index is 641. The molecular formula is C15H19BrN4OS. The molecular weight excluding hydrogens is 364 g/mol. The summed E-state index contributed by atoms with van der Waals surface area (Å²) in [6.07, 6.45) is 0.848. The van der Waals surface area contributed by atoms with Gasteiger partial charge in [-0.25, -0.2) is 0 Å². The lowest BCUT2D eigenvalue weighted by Crippen LogP contribution is -2.29. The van der Waals surface area contributed by atoms with Crippen LogP contribution in [0.25, 0.3) is 0 Å². The van der Waals surface area contributed by atoms with E-state index in [0.717, 1.165) is 27.4 Å². The summed E-state index contributed by atoms with van der Waals surface area (Å²) < 4.78 is 2.91. The monoisotopic (exact) mass is 382 g/mol. The van der Waals surface area contributed by atoms with Crippen LogP contribution in [0.1, 0.15) is 30.8 Å². The lowest BCUT2D eigenvalue weighted by atomic mass is 10.0. The van der Waals surface area contributed by atoms with Crippen molar-refractivity contribution < 1.29 is 4.79 Å². The average Bonchev–Trinajstić information content (AvgIpc) is 2.83. The Balaban J connectivity index is 1.92. The number of thioether (sulfide) groups is 1. The predicted molar refractivity (Wildman–Crippen MR) is 91.8 cm³/mol. The fourth-order valence-corrected chi connectivity index (χ4v) is 3.03. The Morgan fingerprint density at radius 3 is 2.59 bits per heavy atom. The van der Waals surface area contributed by atoms with E-state index < -0.39 is 0 Å². The molecule has 22 heavy (non-hydrogen) atoms. The third-order valence-corrected chi connectivity index (χ3v) is 4.95. The van der Waals surface area contributed by atoms with Crippen molar-refractivity contribution in [3.63, 3.8) is 0 Å². The minimum Gasteiger partial charge on any atom is -0.349 e. The molecule has 0 spiro atoms. The maximum atomic E-state index is 12.1. The van der Waals surface area contributed by atoms with Gasteiger partial charge in [-0.05, 0) is 31.0 Å². The summed E-state index contributed by atoms with van der Waals surface area (Å²) in [4.78, 5) is 12.1. The van der Waals surface area contributed by atoms with E-state index in [1.165, 1.54) is 11.8 Å². The summed E-state index contributed by atoms with van der Waals surface area (Å²) in [7, 11) is 1.90. The van der Waals surface area contributed by atoms with Gasteiger partial charge >= 0.3 is 0 Å². The van der Waals surface area contributed by atoms with Crippen LogP contribution in [0, 0.1) is 6.92 Å². The van der Waals surface area contributed by atoms with Crippen LogP contribution < -0.4 is 5.32 Å². The molecule has 5 nitrogen and oxygen atoms in total. The average molecular weight is 383 g/mol. The number of amides is 1. The maximum Gasteiger partial charge on any atom is 0.230 e. The van der Waals surface area contributed by atoms with Gasteiger partial charge in [0, 0.05) is 11.5 Å². The minimum absolute atomic E-state index is 0.000391. The van der Waals surface area contributed by atoms with E-state index in [1.807, 2.05) is 42.8 Å². The van der Waals surface area contributed by atoms with Crippen molar-refractivity contribution in [1.82, 2.24) is 20.1 Å². The zero-order chi connectivity index (χ0) is 16.1. The number of nitrogens with one attached hydrogen (secondary N) is 1. The molecule has 1 heterocycles. The molecule has 1 aromatic heterocycles. The van der Waals surface area contributed by atoms with Crippen LogP contribution in [-0.4, -0.2) is 26.4 Å². The van der Waals surface area contributed by atoms with Gasteiger partial charge in [0.25, 0.3) is 0 Å². The van der Waals surface area contributed by atoms with Crippen molar-refractivity contribution in [1.29, 1.82) is 0 Å². The van der Waals surface area contributed by atoms with E-state index >= 15 is 0 Å². The number of rotatable bonds is 6. The molecule has 1 atom stereocenters. The number of aromatic nitrogens is 3. The second kappa shape index (κ2) is 7.78. The van der Waals surface area contributed by atoms with Crippen LogP contribution in [0.4, 0.5) is 0 Å². The standard InChI is InChI=1S/C15H19BrN4OS/c1-4-13(11-5-7-12(16)8-6-11)17-14(21)9-22-15-19-18-10(2)20(15)3/h5-8,13H,4,9H2,1-3H3,(H,17,21)/t13-/m0/s1. The smallest absolute Gasteiger partial charge is 0.230 e. The number of carbonyl (C=O) groups is 1. The Hall–Kier alpha value is -1.34. The van der Waals surface area contributed by atoms with Crippen LogP contribution >= 0.6 is 27.7 Å². The first kappa shape index (κ1) is 17.0. The van der Waals surface area contributed by atoms with E-state index in [2.05, 4.69) is 38.4 Å². The molecule has 0 aliphatic rings. The van der Waals surface area contributed by atoms with Gasteiger partial charge in [0.2, 0.25) is 5.91 Å². The van der Waals surface area contributed by atoms with Gasteiger partial charge in [-0.15, -0.1) is 10.2 Å². The first-order chi connectivity index (χ1) is 10.5. The van der Waals surface area contributed by atoms with Crippen molar-refractivity contribution in [2.45, 2.75) is 31.5 Å². The number of benzene rings is 1. The molecule has 118 valence electrons. The van der Waals surface area contributed by atoms with Gasteiger partial charge in [0.05, 0.1) is 11.8 Å². The molecule has 1 N–H and O–H groups in total. The molecule has 0 fully saturated rings. The van der Waals surface area contributed by atoms with Crippen LogP contribution in [0.5, 0.6) is 0 Å². The Labute approximate surface area is 143 Å². The lowest BCUT2D eigenvalue weighted by molar-refractivity contribution is -0.119. The highest BCUT2D eigenvalue weighted by atomic mass is 79.9. The quantitative estimate of drug-likeness (QED) is 0.778. The van der Waals surface area contributed by atoms with Gasteiger partial charge < -0.3 is 9.88 Å². The van der Waals surface area contributed by atoms with Crippen molar-refractivity contribution >= 4 is 33.6 Å². The number of hydrogen-bond donors (Lipinski definition) is 1. The molecule has 7 heteroatoms. The predicted octanol–water partition coefficient (Wildman–Crippen LogP) is 3.25. The van der Waals surface area contributed by atoms with Crippen molar-refractivity contribution in [3.05, 3.63) is 40.1 Å². The van der Waals surface area contributed by atoms with Gasteiger partial charge in [-0.1, -0.05) is 46.7 Å². The summed E-state index contributed by atoms with van der Waals surface area (Å²) in [5, 5.41) is 11.8. The number of hydrogen-bond acceptors (Lipinski definition) is 4. The van der Waals surface area contributed by atoms with Crippen LogP contribution in [0.3, 0.4) is 0 Å². The Morgan fingerprint density at radius 1 is 1.36 bits per heavy atom. The number of carbonyl (C=O) groups excluding carboxylic acids is 1. The molecule has 0 saturated heterocycles. The first-order valence-electron chi connectivity index (χ1n) is 7.05. The van der Waals surface area contributed by atoms with Gasteiger partial charge in [0.15, 0.2) is 5.16 Å². The fraction of sp³-hybridized carbons (Fsp3) is 0.400. The van der Waals surface area contributed by atoms with Gasteiger partial charge in [-0.2, -0.15) is 0 Å². The van der Waals surface area contributed by atoms with Gasteiger partial charge in [-0.3, -0.25) is 4.79 Å². The Morgan fingerprint density at radius 2 is 2.05 bits per heavy atom.